The van der Waals surface area contributed by atoms with Gasteiger partial charge in [-0.3, -0.25) is 9.10 Å². The molecule has 1 N–H and O–H groups in total. The van der Waals surface area contributed by atoms with Crippen molar-refractivity contribution in [3.05, 3.63) is 53.1 Å². The number of benzene rings is 2. The van der Waals surface area contributed by atoms with Gasteiger partial charge < -0.3 is 15.0 Å². The van der Waals surface area contributed by atoms with Crippen LogP contribution >= 0.6 is 11.6 Å². The standard InChI is InChI=1S/C20H26ClN3O4S/c1-23(2)13-5-12-22-20(25)18-14-15(6-11-19(18)21)24(3)29(26,27)17-9-7-16(28-4)8-10-17/h6-11,14H,5,12-13H2,1-4H3,(H,22,25). The summed E-state index contributed by atoms with van der Waals surface area (Å²) in [5.74, 6) is 0.220. The Morgan fingerprint density at radius 3 is 2.34 bits per heavy atom. The number of amides is 1. The van der Waals surface area contributed by atoms with Crippen LogP contribution in [-0.4, -0.2) is 60.6 Å². The topological polar surface area (TPSA) is 79.0 Å². The van der Waals surface area contributed by atoms with E-state index in [1.165, 1.54) is 38.4 Å². The first kappa shape index (κ1) is 23.0. The van der Waals surface area contributed by atoms with Crippen LogP contribution in [0.2, 0.25) is 5.02 Å². The van der Waals surface area contributed by atoms with Gasteiger partial charge >= 0.3 is 0 Å². The number of rotatable bonds is 9. The molecule has 0 saturated carbocycles. The molecule has 2 aromatic rings. The quantitative estimate of drug-likeness (QED) is 0.608. The second-order valence-corrected chi connectivity index (χ2v) is 9.10. The van der Waals surface area contributed by atoms with Gasteiger partial charge in [-0.2, -0.15) is 0 Å². The van der Waals surface area contributed by atoms with Crippen molar-refractivity contribution >= 4 is 33.2 Å². The number of nitrogens with one attached hydrogen (secondary N) is 1. The van der Waals surface area contributed by atoms with Crippen LogP contribution in [0, 0.1) is 0 Å². The molecule has 0 radical (unpaired) electrons. The van der Waals surface area contributed by atoms with E-state index in [1.807, 2.05) is 19.0 Å². The Bertz CT molecular complexity index is 947. The van der Waals surface area contributed by atoms with Crippen LogP contribution in [0.1, 0.15) is 16.8 Å². The highest BCUT2D eigenvalue weighted by Gasteiger charge is 2.23. The Labute approximate surface area is 177 Å². The Morgan fingerprint density at radius 1 is 1.10 bits per heavy atom. The van der Waals surface area contributed by atoms with Crippen LogP contribution in [0.25, 0.3) is 0 Å². The largest absolute Gasteiger partial charge is 0.497 e. The fourth-order valence-corrected chi connectivity index (χ4v) is 4.01. The van der Waals surface area contributed by atoms with E-state index in [4.69, 9.17) is 16.3 Å². The predicted molar refractivity (Wildman–Crippen MR) is 116 cm³/mol. The fourth-order valence-electron chi connectivity index (χ4n) is 2.62. The highest BCUT2D eigenvalue weighted by molar-refractivity contribution is 7.92. The average molecular weight is 440 g/mol. The number of anilines is 1. The molecule has 0 fully saturated rings. The zero-order valence-corrected chi connectivity index (χ0v) is 18.5. The van der Waals surface area contributed by atoms with E-state index >= 15 is 0 Å². The summed E-state index contributed by atoms with van der Waals surface area (Å²) in [6, 6.07) is 10.7. The molecule has 7 nitrogen and oxygen atoms in total. The van der Waals surface area contributed by atoms with Gasteiger partial charge in [-0.25, -0.2) is 8.42 Å². The lowest BCUT2D eigenvalue weighted by Gasteiger charge is -2.20. The lowest BCUT2D eigenvalue weighted by molar-refractivity contribution is 0.0952. The van der Waals surface area contributed by atoms with E-state index in [0.717, 1.165) is 17.3 Å². The predicted octanol–water partition coefficient (Wildman–Crippen LogP) is 2.86. The third kappa shape index (κ3) is 5.85. The number of hydrogen-bond acceptors (Lipinski definition) is 5. The number of ether oxygens (including phenoxy) is 1. The molecule has 0 unspecified atom stereocenters. The van der Waals surface area contributed by atoms with E-state index in [2.05, 4.69) is 5.32 Å². The summed E-state index contributed by atoms with van der Waals surface area (Å²) < 4.78 is 32.0. The smallest absolute Gasteiger partial charge is 0.264 e. The van der Waals surface area contributed by atoms with Gasteiger partial charge in [0, 0.05) is 13.6 Å². The number of carbonyl (C=O) groups is 1. The number of carbonyl (C=O) groups excluding carboxylic acids is 1. The molecule has 0 aliphatic carbocycles. The van der Waals surface area contributed by atoms with Crippen LogP contribution in [0.4, 0.5) is 5.69 Å². The van der Waals surface area contributed by atoms with Gasteiger partial charge in [-0.15, -0.1) is 0 Å². The Balaban J connectivity index is 2.21. The molecule has 158 valence electrons. The maximum Gasteiger partial charge on any atom is 0.264 e. The molecule has 0 bridgehead atoms. The molecule has 0 atom stereocenters. The van der Waals surface area contributed by atoms with Gasteiger partial charge in [0.25, 0.3) is 15.9 Å². The molecule has 0 spiro atoms. The maximum atomic E-state index is 12.9. The second-order valence-electron chi connectivity index (χ2n) is 6.72. The van der Waals surface area contributed by atoms with Gasteiger partial charge in [0.15, 0.2) is 0 Å². The van der Waals surface area contributed by atoms with Crippen LogP contribution < -0.4 is 14.4 Å². The first-order valence-electron chi connectivity index (χ1n) is 9.02. The maximum absolute atomic E-state index is 12.9. The minimum absolute atomic E-state index is 0.116. The highest BCUT2D eigenvalue weighted by Crippen LogP contribution is 2.27. The SMILES string of the molecule is COc1ccc(S(=O)(=O)N(C)c2ccc(Cl)c(C(=O)NCCCN(C)C)c2)cc1. The molecule has 1 amide bonds. The Morgan fingerprint density at radius 2 is 1.76 bits per heavy atom. The van der Waals surface area contributed by atoms with E-state index in [-0.39, 0.29) is 21.4 Å². The minimum Gasteiger partial charge on any atom is -0.497 e. The molecular weight excluding hydrogens is 414 g/mol. The van der Waals surface area contributed by atoms with Crippen molar-refractivity contribution in [2.75, 3.05) is 45.6 Å². The van der Waals surface area contributed by atoms with Crippen molar-refractivity contribution in [1.82, 2.24) is 10.2 Å². The van der Waals surface area contributed by atoms with Gasteiger partial charge in [0.05, 0.1) is 28.3 Å². The normalized spacial score (nSPS) is 11.4. The number of methoxy groups -OCH3 is 1. The Hall–Kier alpha value is -2.29. The molecule has 2 aromatic carbocycles. The fraction of sp³-hybridized carbons (Fsp3) is 0.350. The molecule has 9 heteroatoms. The van der Waals surface area contributed by atoms with Crippen molar-refractivity contribution in [3.63, 3.8) is 0 Å². The third-order valence-electron chi connectivity index (χ3n) is 4.34. The van der Waals surface area contributed by atoms with Crippen LogP contribution in [0.5, 0.6) is 5.75 Å². The van der Waals surface area contributed by atoms with Crippen molar-refractivity contribution in [2.45, 2.75) is 11.3 Å². The monoisotopic (exact) mass is 439 g/mol. The molecule has 0 saturated heterocycles. The van der Waals surface area contributed by atoms with Crippen molar-refractivity contribution < 1.29 is 17.9 Å². The first-order valence-corrected chi connectivity index (χ1v) is 10.8. The molecule has 0 aromatic heterocycles. The van der Waals surface area contributed by atoms with Crippen LogP contribution in [-0.2, 0) is 10.0 Å². The average Bonchev–Trinajstić information content (AvgIpc) is 2.70. The summed E-state index contributed by atoms with van der Waals surface area (Å²) >= 11 is 6.17. The number of nitrogens with zero attached hydrogens (tertiary/aromatic N) is 2. The first-order chi connectivity index (χ1) is 13.7. The van der Waals surface area contributed by atoms with Crippen molar-refractivity contribution in [3.8, 4) is 5.75 Å². The van der Waals surface area contributed by atoms with Gasteiger partial charge in [0.1, 0.15) is 5.75 Å². The number of hydrogen-bond donors (Lipinski definition) is 1. The minimum atomic E-state index is -3.81. The molecule has 0 heterocycles. The van der Waals surface area contributed by atoms with Gasteiger partial charge in [-0.05, 0) is 69.5 Å². The number of halogens is 1. The Kier molecular flexibility index (Phi) is 7.89. The number of sulfonamides is 1. The van der Waals surface area contributed by atoms with E-state index in [0.29, 0.717) is 18.0 Å². The zero-order chi connectivity index (χ0) is 21.6. The van der Waals surface area contributed by atoms with Crippen molar-refractivity contribution in [2.24, 2.45) is 0 Å². The van der Waals surface area contributed by atoms with E-state index in [1.54, 1.807) is 18.2 Å². The van der Waals surface area contributed by atoms with E-state index < -0.39 is 10.0 Å². The summed E-state index contributed by atoms with van der Waals surface area (Å²) in [6.45, 7) is 1.34. The van der Waals surface area contributed by atoms with Gasteiger partial charge in [-0.1, -0.05) is 11.6 Å². The summed E-state index contributed by atoms with van der Waals surface area (Å²) in [4.78, 5) is 14.6. The van der Waals surface area contributed by atoms with Crippen molar-refractivity contribution in [1.29, 1.82) is 0 Å². The highest BCUT2D eigenvalue weighted by atomic mass is 35.5. The second kappa shape index (κ2) is 9.96. The van der Waals surface area contributed by atoms with E-state index in [9.17, 15) is 13.2 Å². The van der Waals surface area contributed by atoms with Crippen LogP contribution in [0.15, 0.2) is 47.4 Å². The molecule has 2 rings (SSSR count). The summed E-state index contributed by atoms with van der Waals surface area (Å²) in [5.41, 5.74) is 0.564. The third-order valence-corrected chi connectivity index (χ3v) is 6.47. The molecular formula is C20H26ClN3O4S. The summed E-state index contributed by atoms with van der Waals surface area (Å²) in [7, 11) is 3.06. The molecule has 29 heavy (non-hydrogen) atoms. The lowest BCUT2D eigenvalue weighted by Crippen LogP contribution is -2.29. The zero-order valence-electron chi connectivity index (χ0n) is 17.0. The summed E-state index contributed by atoms with van der Waals surface area (Å²) in [5, 5.41) is 3.07. The summed E-state index contributed by atoms with van der Waals surface area (Å²) in [6.07, 6.45) is 0.793. The lowest BCUT2D eigenvalue weighted by atomic mass is 10.2. The van der Waals surface area contributed by atoms with Gasteiger partial charge in [0.2, 0.25) is 0 Å². The molecule has 0 aliphatic heterocycles. The molecule has 0 aliphatic rings. The van der Waals surface area contributed by atoms with Crippen LogP contribution in [0.3, 0.4) is 0 Å².